The van der Waals surface area contributed by atoms with Crippen LogP contribution in [0, 0.1) is 5.92 Å². The fraction of sp³-hybridized carbons (Fsp3) is 0.868. The van der Waals surface area contributed by atoms with Crippen molar-refractivity contribution in [3.05, 3.63) is 24.0 Å². The van der Waals surface area contributed by atoms with Crippen molar-refractivity contribution in [2.45, 2.75) is 258 Å². The Bertz CT molecular complexity index is 1130. The highest BCUT2D eigenvalue weighted by Crippen LogP contribution is 2.19. The van der Waals surface area contributed by atoms with Crippen LogP contribution >= 0.6 is 0 Å². The third-order valence-corrected chi connectivity index (χ3v) is 12.6. The molecule has 1 aromatic rings. The first-order valence-corrected chi connectivity index (χ1v) is 26.4. The highest BCUT2D eigenvalue weighted by atomic mass is 16.5. The number of H-pyrrole nitrogens is 1. The molecular weight excluding hydrogens is 775 g/mol. The molecule has 3 N–H and O–H groups in total. The minimum absolute atomic E-state index is 0.0123. The Hall–Kier alpha value is -2.39. The monoisotopic (exact) mass is 874 g/mol. The van der Waals surface area contributed by atoms with Crippen LogP contribution in [0.15, 0.2) is 18.5 Å². The Balaban J connectivity index is 2.40. The van der Waals surface area contributed by atoms with E-state index in [4.69, 9.17) is 9.47 Å². The minimum atomic E-state index is -0.415. The maximum atomic E-state index is 12.9. The zero-order chi connectivity index (χ0) is 45.1. The van der Waals surface area contributed by atoms with E-state index in [9.17, 15) is 19.5 Å². The summed E-state index contributed by atoms with van der Waals surface area (Å²) >= 11 is 0. The van der Waals surface area contributed by atoms with E-state index in [1.54, 1.807) is 18.5 Å². The number of aliphatic hydroxyl groups is 1. The van der Waals surface area contributed by atoms with Crippen molar-refractivity contribution in [2.75, 3.05) is 32.8 Å². The summed E-state index contributed by atoms with van der Waals surface area (Å²) in [7, 11) is 0. The average molecular weight is 874 g/mol. The van der Waals surface area contributed by atoms with Gasteiger partial charge in [0.05, 0.1) is 18.3 Å². The lowest BCUT2D eigenvalue weighted by Crippen LogP contribution is -2.34. The lowest BCUT2D eigenvalue weighted by molar-refractivity contribution is -0.150. The number of rotatable bonds is 46. The number of aliphatic hydroxyl groups excluding tert-OH is 1. The third-order valence-electron chi connectivity index (χ3n) is 12.6. The minimum Gasteiger partial charge on any atom is -0.466 e. The molecular formula is C53H99N3O6. The van der Waals surface area contributed by atoms with Crippen molar-refractivity contribution in [1.82, 2.24) is 15.2 Å². The van der Waals surface area contributed by atoms with Gasteiger partial charge in [0.25, 0.3) is 5.91 Å². The number of carbonyl (C=O) groups is 3. The van der Waals surface area contributed by atoms with E-state index in [0.29, 0.717) is 44.5 Å². The second-order valence-electron chi connectivity index (χ2n) is 18.6. The zero-order valence-electron chi connectivity index (χ0n) is 41.0. The maximum Gasteiger partial charge on any atom is 0.306 e. The molecule has 0 bridgehead atoms. The molecule has 0 radical (unpaired) electrons. The number of aromatic amines is 1. The molecule has 0 aromatic carbocycles. The van der Waals surface area contributed by atoms with Gasteiger partial charge >= 0.3 is 11.9 Å². The zero-order valence-corrected chi connectivity index (χ0v) is 41.0. The fourth-order valence-electron chi connectivity index (χ4n) is 8.27. The Morgan fingerprint density at radius 2 is 1.15 bits per heavy atom. The van der Waals surface area contributed by atoms with Crippen LogP contribution in [0.1, 0.15) is 256 Å². The van der Waals surface area contributed by atoms with Crippen molar-refractivity contribution in [2.24, 2.45) is 5.92 Å². The topological polar surface area (TPSA) is 121 Å². The molecule has 0 fully saturated rings. The number of unbranched alkanes of at least 4 members (excludes halogenated alkanes) is 21. The predicted molar refractivity (Wildman–Crippen MR) is 260 cm³/mol. The molecule has 1 rings (SSSR count). The highest BCUT2D eigenvalue weighted by Gasteiger charge is 2.16. The Kier molecular flexibility index (Phi) is 39.6. The van der Waals surface area contributed by atoms with Gasteiger partial charge in [-0.3, -0.25) is 14.4 Å². The van der Waals surface area contributed by atoms with Crippen molar-refractivity contribution in [1.29, 1.82) is 0 Å². The van der Waals surface area contributed by atoms with Gasteiger partial charge in [-0.1, -0.05) is 156 Å². The van der Waals surface area contributed by atoms with Crippen LogP contribution in [0.5, 0.6) is 0 Å². The molecule has 1 aromatic heterocycles. The number of aromatic nitrogens is 1. The van der Waals surface area contributed by atoms with Gasteiger partial charge < -0.3 is 29.8 Å². The molecule has 2 unspecified atom stereocenters. The molecule has 0 saturated heterocycles. The first-order chi connectivity index (χ1) is 30.3. The molecule has 62 heavy (non-hydrogen) atoms. The molecule has 0 aliphatic rings. The quantitative estimate of drug-likeness (QED) is 0.0441. The lowest BCUT2D eigenvalue weighted by Gasteiger charge is -2.25. The number of nitrogens with zero attached hydrogens (tertiary/aromatic N) is 1. The first kappa shape index (κ1) is 57.6. The summed E-state index contributed by atoms with van der Waals surface area (Å²) < 4.78 is 11.6. The molecule has 0 aliphatic heterocycles. The van der Waals surface area contributed by atoms with Gasteiger partial charge in [0.15, 0.2) is 0 Å². The van der Waals surface area contributed by atoms with Crippen LogP contribution in [0.3, 0.4) is 0 Å². The third kappa shape index (κ3) is 36.0. The van der Waals surface area contributed by atoms with Gasteiger partial charge in [-0.15, -0.1) is 0 Å². The van der Waals surface area contributed by atoms with Gasteiger partial charge in [0.1, 0.15) is 6.10 Å². The van der Waals surface area contributed by atoms with E-state index < -0.39 is 6.10 Å². The van der Waals surface area contributed by atoms with Crippen LogP contribution in [-0.4, -0.2) is 77.8 Å². The molecule has 9 nitrogen and oxygen atoms in total. The average Bonchev–Trinajstić information content (AvgIpc) is 3.81. The van der Waals surface area contributed by atoms with Crippen molar-refractivity contribution in [3.8, 4) is 0 Å². The largest absolute Gasteiger partial charge is 0.466 e. The van der Waals surface area contributed by atoms with Crippen LogP contribution < -0.4 is 5.32 Å². The second-order valence-corrected chi connectivity index (χ2v) is 18.6. The van der Waals surface area contributed by atoms with Crippen molar-refractivity contribution in [3.63, 3.8) is 0 Å². The number of esters is 2. The first-order valence-electron chi connectivity index (χ1n) is 26.4. The van der Waals surface area contributed by atoms with E-state index in [0.717, 1.165) is 122 Å². The van der Waals surface area contributed by atoms with Gasteiger partial charge in [-0.25, -0.2) is 0 Å². The van der Waals surface area contributed by atoms with Crippen LogP contribution in [-0.2, 0) is 19.1 Å². The van der Waals surface area contributed by atoms with E-state index in [2.05, 4.69) is 42.9 Å². The van der Waals surface area contributed by atoms with Gasteiger partial charge in [0.2, 0.25) is 0 Å². The van der Waals surface area contributed by atoms with Gasteiger partial charge in [-0.05, 0) is 102 Å². The molecule has 2 atom stereocenters. The van der Waals surface area contributed by atoms with Gasteiger partial charge in [0, 0.05) is 38.3 Å². The summed E-state index contributed by atoms with van der Waals surface area (Å²) in [6, 6.07) is 1.76. The predicted octanol–water partition coefficient (Wildman–Crippen LogP) is 13.8. The lowest BCUT2D eigenvalue weighted by atomic mass is 10.0. The number of nitrogens with one attached hydrogen (secondary N) is 2. The van der Waals surface area contributed by atoms with Crippen LogP contribution in [0.25, 0.3) is 0 Å². The Labute approximate surface area is 381 Å². The second kappa shape index (κ2) is 42.6. The Morgan fingerprint density at radius 3 is 1.74 bits per heavy atom. The van der Waals surface area contributed by atoms with Crippen molar-refractivity contribution < 1.29 is 29.0 Å². The van der Waals surface area contributed by atoms with Crippen LogP contribution in [0.2, 0.25) is 0 Å². The maximum absolute atomic E-state index is 12.9. The van der Waals surface area contributed by atoms with E-state index >= 15 is 0 Å². The number of hydrogen-bond donors (Lipinski definition) is 3. The van der Waals surface area contributed by atoms with Crippen LogP contribution in [0.4, 0.5) is 0 Å². The smallest absolute Gasteiger partial charge is 0.306 e. The molecule has 0 aliphatic carbocycles. The molecule has 1 heterocycles. The molecule has 1 amide bonds. The number of amides is 1. The summed E-state index contributed by atoms with van der Waals surface area (Å²) in [5.41, 5.74) is 0.634. The number of hydrogen-bond acceptors (Lipinski definition) is 7. The molecule has 362 valence electrons. The standard InChI is InChI=1S/C53H99N3O6/c1-5-8-10-12-17-24-35-50(36-25-18-13-11-9-6-2)62-52(59)38-26-19-14-20-30-42-56(46-49(57)34-28-29-40-55-53(60)48-39-41-54-45-48)43-31-22-27-37-51(58)61-44-32-21-15-16-23-33-47(4)7-3/h39,41,45,47,49-50,54,57H,5-38,40,42-44,46H2,1-4H3,(H,55,60). The Morgan fingerprint density at radius 1 is 0.629 bits per heavy atom. The molecule has 0 spiro atoms. The van der Waals surface area contributed by atoms with Crippen molar-refractivity contribution >= 4 is 17.8 Å². The summed E-state index contributed by atoms with van der Waals surface area (Å²) in [6.07, 6.45) is 40.1. The van der Waals surface area contributed by atoms with E-state index in [1.807, 2.05) is 0 Å². The SMILES string of the molecule is CCCCCCCCC(CCCCCCCC)OC(=O)CCCCCCCN(CCCCCC(=O)OCCCCCCCC(C)CC)CC(O)CCCCNC(=O)c1cc[nH]c1. The van der Waals surface area contributed by atoms with E-state index in [1.165, 1.54) is 96.3 Å². The number of carbonyl (C=O) groups excluding carboxylic acids is 3. The van der Waals surface area contributed by atoms with E-state index in [-0.39, 0.29) is 23.9 Å². The summed E-state index contributed by atoms with van der Waals surface area (Å²) in [5, 5.41) is 13.9. The fourth-order valence-corrected chi connectivity index (χ4v) is 8.27. The summed E-state index contributed by atoms with van der Waals surface area (Å²) in [5.74, 6) is 0.665. The van der Waals surface area contributed by atoms with Gasteiger partial charge in [-0.2, -0.15) is 0 Å². The molecule has 0 saturated carbocycles. The number of ether oxygens (including phenoxy) is 2. The summed E-state index contributed by atoms with van der Waals surface area (Å²) in [6.45, 7) is 12.7. The highest BCUT2D eigenvalue weighted by molar-refractivity contribution is 5.93. The summed E-state index contributed by atoms with van der Waals surface area (Å²) in [4.78, 5) is 42.7. The molecule has 9 heteroatoms. The normalized spacial score (nSPS) is 12.6.